The van der Waals surface area contributed by atoms with Gasteiger partial charge in [-0.1, -0.05) is 26.7 Å². The first-order valence-electron chi connectivity index (χ1n) is 6.88. The lowest BCUT2D eigenvalue weighted by Gasteiger charge is -2.23. The van der Waals surface area contributed by atoms with Gasteiger partial charge < -0.3 is 10.3 Å². The summed E-state index contributed by atoms with van der Waals surface area (Å²) in [5.41, 5.74) is 5.74. The first kappa shape index (κ1) is 12.6. The molecule has 2 heterocycles. The summed E-state index contributed by atoms with van der Waals surface area (Å²) in [5.74, 6) is 3.46. The fourth-order valence-electron chi connectivity index (χ4n) is 2.62. The molecule has 0 amide bonds. The summed E-state index contributed by atoms with van der Waals surface area (Å²) in [6, 6.07) is 0. The third-order valence-corrected chi connectivity index (χ3v) is 3.85. The summed E-state index contributed by atoms with van der Waals surface area (Å²) < 4.78 is 2.33. The monoisotopic (exact) mass is 236 g/mol. The zero-order valence-corrected chi connectivity index (χ0v) is 11.0. The third-order valence-electron chi connectivity index (χ3n) is 3.85. The van der Waals surface area contributed by atoms with Gasteiger partial charge in [0.25, 0.3) is 0 Å². The molecule has 1 aliphatic heterocycles. The van der Waals surface area contributed by atoms with Gasteiger partial charge in [-0.05, 0) is 25.3 Å². The highest BCUT2D eigenvalue weighted by atomic mass is 15.3. The van der Waals surface area contributed by atoms with Gasteiger partial charge in [-0.2, -0.15) is 0 Å². The number of hydrogen-bond donors (Lipinski definition) is 1. The van der Waals surface area contributed by atoms with Crippen molar-refractivity contribution < 1.29 is 0 Å². The van der Waals surface area contributed by atoms with Gasteiger partial charge in [0.15, 0.2) is 0 Å². The number of nitrogens with two attached hydrogens (primary N) is 1. The molecule has 4 heteroatoms. The fraction of sp³-hybridized carbons (Fsp3) is 0.846. The molecule has 2 unspecified atom stereocenters. The molecule has 1 aromatic rings. The fourth-order valence-corrected chi connectivity index (χ4v) is 2.62. The van der Waals surface area contributed by atoms with E-state index in [-0.39, 0.29) is 0 Å². The summed E-state index contributed by atoms with van der Waals surface area (Å²) in [6.07, 6.45) is 5.92. The number of fused-ring (bicyclic) bond motifs is 1. The van der Waals surface area contributed by atoms with E-state index in [1.54, 1.807) is 0 Å². The standard InChI is InChI=1S/C13H24N4/c1-3-4-5-10(2)13-16-15-12-8-11(9-14)6-7-17(12)13/h10-11H,3-9,14H2,1-2H3. The summed E-state index contributed by atoms with van der Waals surface area (Å²) in [7, 11) is 0. The van der Waals surface area contributed by atoms with Crippen molar-refractivity contribution in [2.45, 2.75) is 58.4 Å². The normalized spacial score (nSPS) is 21.2. The second kappa shape index (κ2) is 5.63. The van der Waals surface area contributed by atoms with Gasteiger partial charge in [0.05, 0.1) is 0 Å². The second-order valence-electron chi connectivity index (χ2n) is 5.26. The van der Waals surface area contributed by atoms with Crippen LogP contribution < -0.4 is 5.73 Å². The lowest BCUT2D eigenvalue weighted by atomic mass is 9.97. The molecule has 0 fully saturated rings. The molecule has 96 valence electrons. The van der Waals surface area contributed by atoms with Crippen LogP contribution in [0, 0.1) is 5.92 Å². The Hall–Kier alpha value is -0.900. The Kier molecular flexibility index (Phi) is 4.15. The predicted octanol–water partition coefficient (Wildman–Crippen LogP) is 2.09. The summed E-state index contributed by atoms with van der Waals surface area (Å²) in [4.78, 5) is 0. The Morgan fingerprint density at radius 2 is 2.29 bits per heavy atom. The Morgan fingerprint density at radius 3 is 3.00 bits per heavy atom. The maximum absolute atomic E-state index is 5.74. The van der Waals surface area contributed by atoms with Crippen molar-refractivity contribution >= 4 is 0 Å². The SMILES string of the molecule is CCCCC(C)c1nnc2n1CCC(CN)C2. The molecule has 2 atom stereocenters. The molecule has 2 rings (SSSR count). The number of nitrogens with zero attached hydrogens (tertiary/aromatic N) is 3. The van der Waals surface area contributed by atoms with Crippen LogP contribution in [-0.2, 0) is 13.0 Å². The number of aromatic nitrogens is 3. The lowest BCUT2D eigenvalue weighted by molar-refractivity contribution is 0.378. The average molecular weight is 236 g/mol. The van der Waals surface area contributed by atoms with Crippen LogP contribution in [0.2, 0.25) is 0 Å². The van der Waals surface area contributed by atoms with E-state index in [1.807, 2.05) is 0 Å². The zero-order valence-electron chi connectivity index (χ0n) is 11.0. The minimum absolute atomic E-state index is 0.533. The van der Waals surface area contributed by atoms with Gasteiger partial charge in [0.2, 0.25) is 0 Å². The van der Waals surface area contributed by atoms with Crippen molar-refractivity contribution in [1.29, 1.82) is 0 Å². The maximum Gasteiger partial charge on any atom is 0.135 e. The highest BCUT2D eigenvalue weighted by Gasteiger charge is 2.23. The molecule has 1 aliphatic rings. The lowest BCUT2D eigenvalue weighted by Crippen LogP contribution is -2.26. The largest absolute Gasteiger partial charge is 0.330 e. The summed E-state index contributed by atoms with van der Waals surface area (Å²) in [6.45, 7) is 6.32. The average Bonchev–Trinajstić information content (AvgIpc) is 2.78. The minimum atomic E-state index is 0.533. The molecule has 2 N–H and O–H groups in total. The van der Waals surface area contributed by atoms with E-state index < -0.39 is 0 Å². The quantitative estimate of drug-likeness (QED) is 0.851. The molecule has 17 heavy (non-hydrogen) atoms. The molecular formula is C13H24N4. The summed E-state index contributed by atoms with van der Waals surface area (Å²) in [5, 5.41) is 8.73. The topological polar surface area (TPSA) is 56.7 Å². The molecular weight excluding hydrogens is 212 g/mol. The van der Waals surface area contributed by atoms with Crippen molar-refractivity contribution in [3.63, 3.8) is 0 Å². The Bertz CT molecular complexity index is 358. The Morgan fingerprint density at radius 1 is 1.47 bits per heavy atom. The van der Waals surface area contributed by atoms with E-state index in [1.165, 1.54) is 31.5 Å². The minimum Gasteiger partial charge on any atom is -0.330 e. The highest BCUT2D eigenvalue weighted by molar-refractivity contribution is 5.04. The first-order valence-corrected chi connectivity index (χ1v) is 6.88. The van der Waals surface area contributed by atoms with Crippen LogP contribution in [0.15, 0.2) is 0 Å². The van der Waals surface area contributed by atoms with Crippen molar-refractivity contribution in [2.24, 2.45) is 11.7 Å². The van der Waals surface area contributed by atoms with E-state index in [4.69, 9.17) is 5.73 Å². The van der Waals surface area contributed by atoms with Gasteiger partial charge in [0.1, 0.15) is 11.6 Å². The van der Waals surface area contributed by atoms with Crippen LogP contribution in [0.1, 0.15) is 57.1 Å². The van der Waals surface area contributed by atoms with E-state index in [9.17, 15) is 0 Å². The molecule has 0 aliphatic carbocycles. The highest BCUT2D eigenvalue weighted by Crippen LogP contribution is 2.25. The van der Waals surface area contributed by atoms with Crippen molar-refractivity contribution in [3.05, 3.63) is 11.6 Å². The molecule has 0 aromatic carbocycles. The van der Waals surface area contributed by atoms with Crippen molar-refractivity contribution in [1.82, 2.24) is 14.8 Å². The molecule has 0 saturated carbocycles. The van der Waals surface area contributed by atoms with Crippen LogP contribution in [0.25, 0.3) is 0 Å². The van der Waals surface area contributed by atoms with E-state index in [0.29, 0.717) is 11.8 Å². The molecule has 4 nitrogen and oxygen atoms in total. The van der Waals surface area contributed by atoms with E-state index >= 15 is 0 Å². The van der Waals surface area contributed by atoms with Gasteiger partial charge in [-0.3, -0.25) is 0 Å². The first-order chi connectivity index (χ1) is 8.26. The van der Waals surface area contributed by atoms with E-state index in [0.717, 1.165) is 25.3 Å². The number of hydrogen-bond acceptors (Lipinski definition) is 3. The smallest absolute Gasteiger partial charge is 0.135 e. The molecule has 0 saturated heterocycles. The van der Waals surface area contributed by atoms with Crippen LogP contribution in [0.4, 0.5) is 0 Å². The third kappa shape index (κ3) is 2.68. The van der Waals surface area contributed by atoms with Gasteiger partial charge in [-0.25, -0.2) is 0 Å². The van der Waals surface area contributed by atoms with Gasteiger partial charge in [0, 0.05) is 18.9 Å². The maximum atomic E-state index is 5.74. The Balaban J connectivity index is 2.08. The van der Waals surface area contributed by atoms with Crippen LogP contribution in [0.3, 0.4) is 0 Å². The number of unbranched alkanes of at least 4 members (excludes halogenated alkanes) is 1. The van der Waals surface area contributed by atoms with Crippen molar-refractivity contribution in [3.8, 4) is 0 Å². The molecule has 1 aromatic heterocycles. The van der Waals surface area contributed by atoms with Crippen LogP contribution in [0.5, 0.6) is 0 Å². The van der Waals surface area contributed by atoms with Gasteiger partial charge >= 0.3 is 0 Å². The zero-order chi connectivity index (χ0) is 12.3. The Labute approximate surface area is 104 Å². The van der Waals surface area contributed by atoms with Crippen LogP contribution in [-0.4, -0.2) is 21.3 Å². The summed E-state index contributed by atoms with van der Waals surface area (Å²) >= 11 is 0. The van der Waals surface area contributed by atoms with Crippen molar-refractivity contribution in [2.75, 3.05) is 6.54 Å². The van der Waals surface area contributed by atoms with E-state index in [2.05, 4.69) is 28.6 Å². The molecule has 0 radical (unpaired) electrons. The predicted molar refractivity (Wildman–Crippen MR) is 68.8 cm³/mol. The molecule has 0 bridgehead atoms. The van der Waals surface area contributed by atoms with Crippen LogP contribution >= 0.6 is 0 Å². The number of rotatable bonds is 5. The second-order valence-corrected chi connectivity index (χ2v) is 5.26. The molecule has 0 spiro atoms. The van der Waals surface area contributed by atoms with Gasteiger partial charge in [-0.15, -0.1) is 10.2 Å².